The average molecular weight is 383 g/mol. The molecule has 136 valence electrons. The van der Waals surface area contributed by atoms with Crippen LogP contribution in [0.2, 0.25) is 5.15 Å². The third-order valence-corrected chi connectivity index (χ3v) is 3.48. The van der Waals surface area contributed by atoms with Crippen LogP contribution >= 0.6 is 11.6 Å². The first-order valence-electron chi connectivity index (χ1n) is 6.94. The van der Waals surface area contributed by atoms with Crippen molar-refractivity contribution >= 4 is 17.5 Å². The maximum Gasteiger partial charge on any atom is 0.433 e. The zero-order valence-corrected chi connectivity index (χ0v) is 13.4. The third-order valence-electron chi connectivity index (χ3n) is 3.18. The molecule has 0 saturated carbocycles. The zero-order valence-electron chi connectivity index (χ0n) is 12.7. The molecule has 2 heterocycles. The molecule has 2 aromatic rings. The van der Waals surface area contributed by atoms with Crippen LogP contribution in [0.25, 0.3) is 0 Å². The molecule has 0 saturated heterocycles. The van der Waals surface area contributed by atoms with Gasteiger partial charge in [0.2, 0.25) is 0 Å². The molecule has 0 radical (unpaired) electrons. The van der Waals surface area contributed by atoms with Crippen molar-refractivity contribution in [3.8, 4) is 0 Å². The Labute approximate surface area is 143 Å². The molecule has 0 aliphatic carbocycles. The van der Waals surface area contributed by atoms with E-state index in [4.69, 9.17) is 11.6 Å². The van der Waals surface area contributed by atoms with Crippen LogP contribution in [0, 0.1) is 0 Å². The topological polar surface area (TPSA) is 59.8 Å². The number of carbonyl (C=O) groups excluding carboxylic acids is 1. The van der Waals surface area contributed by atoms with Crippen molar-refractivity contribution < 1.29 is 26.7 Å². The maximum atomic E-state index is 12.6. The highest BCUT2D eigenvalue weighted by atomic mass is 35.5. The molecule has 25 heavy (non-hydrogen) atoms. The van der Waals surface area contributed by atoms with Crippen LogP contribution < -0.4 is 5.32 Å². The number of halogens is 6. The van der Waals surface area contributed by atoms with Gasteiger partial charge in [-0.25, -0.2) is 13.8 Å². The number of hydrogen-bond donors (Lipinski definition) is 1. The van der Waals surface area contributed by atoms with E-state index in [0.717, 1.165) is 16.8 Å². The lowest BCUT2D eigenvalue weighted by molar-refractivity contribution is -0.141. The van der Waals surface area contributed by atoms with E-state index >= 15 is 0 Å². The van der Waals surface area contributed by atoms with Crippen molar-refractivity contribution in [1.29, 1.82) is 0 Å². The van der Waals surface area contributed by atoms with E-state index in [0.29, 0.717) is 0 Å². The zero-order chi connectivity index (χ0) is 18.8. The van der Waals surface area contributed by atoms with Gasteiger partial charge in [0.25, 0.3) is 12.3 Å². The fourth-order valence-corrected chi connectivity index (χ4v) is 2.32. The van der Waals surface area contributed by atoms with Crippen molar-refractivity contribution in [2.24, 2.45) is 0 Å². The van der Waals surface area contributed by atoms with Gasteiger partial charge in [-0.05, 0) is 19.1 Å². The maximum absolute atomic E-state index is 12.6. The number of aromatic nitrogens is 3. The van der Waals surface area contributed by atoms with E-state index in [1.807, 2.05) is 0 Å². The molecule has 0 aromatic carbocycles. The predicted octanol–water partition coefficient (Wildman–Crippen LogP) is 3.71. The number of amides is 1. The Morgan fingerprint density at radius 2 is 2.00 bits per heavy atom. The predicted molar refractivity (Wildman–Crippen MR) is 78.4 cm³/mol. The second-order valence-electron chi connectivity index (χ2n) is 5.08. The number of pyridine rings is 1. The van der Waals surface area contributed by atoms with Gasteiger partial charge >= 0.3 is 6.18 Å². The van der Waals surface area contributed by atoms with Gasteiger partial charge < -0.3 is 5.32 Å². The molecule has 0 aliphatic heterocycles. The fourth-order valence-electron chi connectivity index (χ4n) is 2.00. The Kier molecular flexibility index (Phi) is 5.61. The summed E-state index contributed by atoms with van der Waals surface area (Å²) >= 11 is 5.76. The molecule has 0 bridgehead atoms. The van der Waals surface area contributed by atoms with Gasteiger partial charge in [-0.3, -0.25) is 9.48 Å². The molecule has 0 fully saturated rings. The molecule has 2 rings (SSSR count). The largest absolute Gasteiger partial charge is 0.433 e. The van der Waals surface area contributed by atoms with Gasteiger partial charge in [0.15, 0.2) is 0 Å². The van der Waals surface area contributed by atoms with Crippen LogP contribution in [0.3, 0.4) is 0 Å². The lowest BCUT2D eigenvalue weighted by Crippen LogP contribution is -2.27. The summed E-state index contributed by atoms with van der Waals surface area (Å²) in [4.78, 5) is 15.3. The molecule has 1 amide bonds. The molecular formula is C14H12ClF5N4O. The summed E-state index contributed by atoms with van der Waals surface area (Å²) in [5.74, 6) is -0.684. The molecule has 1 atom stereocenters. The summed E-state index contributed by atoms with van der Waals surface area (Å²) in [6.07, 6.45) is -6.03. The van der Waals surface area contributed by atoms with Gasteiger partial charge in [0.05, 0.1) is 6.04 Å². The number of rotatable bonds is 5. The van der Waals surface area contributed by atoms with Crippen molar-refractivity contribution in [3.63, 3.8) is 0 Å². The summed E-state index contributed by atoms with van der Waals surface area (Å²) in [5.41, 5.74) is -1.08. The van der Waals surface area contributed by atoms with Crippen molar-refractivity contribution in [2.45, 2.75) is 32.1 Å². The third kappa shape index (κ3) is 4.88. The van der Waals surface area contributed by atoms with Crippen LogP contribution in [0.1, 0.15) is 34.7 Å². The van der Waals surface area contributed by atoms with E-state index in [1.54, 1.807) is 0 Å². The lowest BCUT2D eigenvalue weighted by Gasteiger charge is -2.16. The summed E-state index contributed by atoms with van der Waals surface area (Å²) < 4.78 is 63.1. The summed E-state index contributed by atoms with van der Waals surface area (Å²) in [6.45, 7) is 0.835. The second kappa shape index (κ2) is 7.34. The number of nitrogens with one attached hydrogen (secondary N) is 1. The molecular weight excluding hydrogens is 371 g/mol. The Hall–Kier alpha value is -2.23. The normalized spacial score (nSPS) is 13.1. The first kappa shape index (κ1) is 19.1. The van der Waals surface area contributed by atoms with E-state index in [-0.39, 0.29) is 11.3 Å². The second-order valence-corrected chi connectivity index (χ2v) is 5.44. The van der Waals surface area contributed by atoms with Crippen LogP contribution in [-0.2, 0) is 12.7 Å². The van der Waals surface area contributed by atoms with Gasteiger partial charge in [0.1, 0.15) is 23.1 Å². The van der Waals surface area contributed by atoms with E-state index < -0.39 is 41.9 Å². The highest BCUT2D eigenvalue weighted by molar-refractivity contribution is 6.30. The molecule has 11 heteroatoms. The van der Waals surface area contributed by atoms with E-state index in [9.17, 15) is 26.7 Å². The standard InChI is InChI=1S/C14H12ClF5N4O/c1-7(8-2-3-10(14(18,19)20)22-12(8)15)21-13(25)9-4-5-24(23-9)6-11(16)17/h2-5,7,11H,6H2,1H3,(H,21,25). The minimum atomic E-state index is -4.63. The van der Waals surface area contributed by atoms with Crippen LogP contribution in [-0.4, -0.2) is 27.1 Å². The van der Waals surface area contributed by atoms with E-state index in [2.05, 4.69) is 15.4 Å². The highest BCUT2D eigenvalue weighted by Gasteiger charge is 2.33. The number of hydrogen-bond acceptors (Lipinski definition) is 3. The SMILES string of the molecule is CC(NC(=O)c1ccn(CC(F)F)n1)c1ccc(C(F)(F)F)nc1Cl. The monoisotopic (exact) mass is 382 g/mol. The number of nitrogens with zero attached hydrogens (tertiary/aromatic N) is 3. The van der Waals surface area contributed by atoms with Crippen LogP contribution in [0.5, 0.6) is 0 Å². The average Bonchev–Trinajstić information content (AvgIpc) is 2.93. The minimum Gasteiger partial charge on any atom is -0.344 e. The Balaban J connectivity index is 2.10. The van der Waals surface area contributed by atoms with Gasteiger partial charge in [-0.2, -0.15) is 18.3 Å². The molecule has 1 unspecified atom stereocenters. The number of alkyl halides is 5. The molecule has 1 N–H and O–H groups in total. The van der Waals surface area contributed by atoms with Crippen molar-refractivity contribution in [3.05, 3.63) is 46.5 Å². The molecule has 2 aromatic heterocycles. The van der Waals surface area contributed by atoms with Gasteiger partial charge in [-0.15, -0.1) is 0 Å². The fraction of sp³-hybridized carbons (Fsp3) is 0.357. The molecule has 0 aliphatic rings. The van der Waals surface area contributed by atoms with Crippen molar-refractivity contribution in [2.75, 3.05) is 0 Å². The summed E-state index contributed by atoms with van der Waals surface area (Å²) in [7, 11) is 0. The highest BCUT2D eigenvalue weighted by Crippen LogP contribution is 2.31. The minimum absolute atomic E-state index is 0.108. The first-order valence-corrected chi connectivity index (χ1v) is 7.32. The molecule has 0 spiro atoms. The first-order chi connectivity index (χ1) is 11.6. The summed E-state index contributed by atoms with van der Waals surface area (Å²) in [5, 5.41) is 5.77. The molecule has 5 nitrogen and oxygen atoms in total. The van der Waals surface area contributed by atoms with E-state index in [1.165, 1.54) is 19.2 Å². The smallest absolute Gasteiger partial charge is 0.344 e. The van der Waals surface area contributed by atoms with Crippen LogP contribution in [0.15, 0.2) is 24.4 Å². The van der Waals surface area contributed by atoms with Crippen LogP contribution in [0.4, 0.5) is 22.0 Å². The Morgan fingerprint density at radius 1 is 1.32 bits per heavy atom. The summed E-state index contributed by atoms with van der Waals surface area (Å²) in [6, 6.07) is 2.34. The Morgan fingerprint density at radius 3 is 2.56 bits per heavy atom. The van der Waals surface area contributed by atoms with Gasteiger partial charge in [-0.1, -0.05) is 17.7 Å². The van der Waals surface area contributed by atoms with Gasteiger partial charge in [0, 0.05) is 11.8 Å². The quantitative estimate of drug-likeness (QED) is 0.633. The Bertz CT molecular complexity index is 762. The number of carbonyl (C=O) groups is 1. The lowest BCUT2D eigenvalue weighted by atomic mass is 10.1. The van der Waals surface area contributed by atoms with Crippen molar-refractivity contribution in [1.82, 2.24) is 20.1 Å².